The van der Waals surface area contributed by atoms with E-state index >= 15 is 0 Å². The number of methoxy groups -OCH3 is 1. The molecule has 1 aromatic carbocycles. The summed E-state index contributed by atoms with van der Waals surface area (Å²) in [5.41, 5.74) is 2.72. The van der Waals surface area contributed by atoms with E-state index in [1.165, 1.54) is 15.6 Å². The molecule has 0 saturated carbocycles. The maximum atomic E-state index is 5.56. The fraction of sp³-hybridized carbons (Fsp3) is 0.571. The van der Waals surface area contributed by atoms with Crippen LogP contribution in [0.1, 0.15) is 37.4 Å². The van der Waals surface area contributed by atoms with Gasteiger partial charge in [-0.05, 0) is 30.7 Å². The number of benzene rings is 1. The van der Waals surface area contributed by atoms with Crippen LogP contribution >= 0.6 is 27.7 Å². The number of fused-ring (bicyclic) bond motifs is 1. The van der Waals surface area contributed by atoms with Crippen LogP contribution in [0, 0.1) is 0 Å². The Morgan fingerprint density at radius 2 is 2.28 bits per heavy atom. The Balaban J connectivity index is 2.50. The Kier molecular flexibility index (Phi) is 4.98. The smallest absolute Gasteiger partial charge is 0.124 e. The Morgan fingerprint density at radius 1 is 1.50 bits per heavy atom. The van der Waals surface area contributed by atoms with Gasteiger partial charge in [-0.2, -0.15) is 11.8 Å². The fourth-order valence-corrected chi connectivity index (χ4v) is 4.26. The zero-order chi connectivity index (χ0) is 13.1. The molecule has 1 aliphatic heterocycles. The zero-order valence-electron chi connectivity index (χ0n) is 11.1. The summed E-state index contributed by atoms with van der Waals surface area (Å²) in [5.74, 6) is 2.06. The average molecular weight is 330 g/mol. The number of hydrogen-bond donors (Lipinski definition) is 1. The molecular weight excluding hydrogens is 310 g/mol. The van der Waals surface area contributed by atoms with E-state index in [4.69, 9.17) is 4.74 Å². The van der Waals surface area contributed by atoms with Gasteiger partial charge in [-0.15, -0.1) is 0 Å². The van der Waals surface area contributed by atoms with Gasteiger partial charge < -0.3 is 10.1 Å². The highest BCUT2D eigenvalue weighted by molar-refractivity contribution is 9.10. The van der Waals surface area contributed by atoms with Gasteiger partial charge in [0.15, 0.2) is 0 Å². The summed E-state index contributed by atoms with van der Waals surface area (Å²) in [5, 5.41) is 4.26. The topological polar surface area (TPSA) is 21.3 Å². The van der Waals surface area contributed by atoms with Crippen LogP contribution in [0.4, 0.5) is 0 Å². The zero-order valence-corrected chi connectivity index (χ0v) is 13.5. The Hall–Kier alpha value is -0.190. The summed E-state index contributed by atoms with van der Waals surface area (Å²) in [6, 6.07) is 4.55. The molecule has 1 aromatic rings. The van der Waals surface area contributed by atoms with Gasteiger partial charge in [0.2, 0.25) is 0 Å². The maximum Gasteiger partial charge on any atom is 0.124 e. The van der Waals surface area contributed by atoms with Crippen LogP contribution < -0.4 is 10.1 Å². The van der Waals surface area contributed by atoms with Crippen LogP contribution in [-0.2, 0) is 5.75 Å². The van der Waals surface area contributed by atoms with Gasteiger partial charge in [-0.1, -0.05) is 29.8 Å². The van der Waals surface area contributed by atoms with E-state index in [-0.39, 0.29) is 0 Å². The van der Waals surface area contributed by atoms with E-state index in [0.29, 0.717) is 11.3 Å². The van der Waals surface area contributed by atoms with Gasteiger partial charge in [-0.25, -0.2) is 0 Å². The van der Waals surface area contributed by atoms with Crippen LogP contribution in [0.3, 0.4) is 0 Å². The van der Waals surface area contributed by atoms with Gasteiger partial charge in [0.05, 0.1) is 7.11 Å². The summed E-state index contributed by atoms with van der Waals surface area (Å²) < 4.78 is 6.76. The molecule has 0 bridgehead atoms. The minimum Gasteiger partial charge on any atom is -0.496 e. The van der Waals surface area contributed by atoms with Gasteiger partial charge in [0.1, 0.15) is 5.75 Å². The second-order valence-electron chi connectivity index (χ2n) is 4.61. The summed E-state index contributed by atoms with van der Waals surface area (Å²) in [7, 11) is 1.76. The molecule has 2 nitrogen and oxygen atoms in total. The van der Waals surface area contributed by atoms with Crippen LogP contribution in [0.25, 0.3) is 0 Å². The monoisotopic (exact) mass is 329 g/mol. The third-order valence-corrected chi connectivity index (χ3v) is 5.32. The molecular formula is C14H20BrNOS. The first kappa shape index (κ1) is 14.2. The number of nitrogens with one attached hydrogen (secondary N) is 1. The number of ether oxygens (including phenoxy) is 1. The standard InChI is InChI=1S/C14H20BrNOS/c1-4-16-12-7-9(2)18-8-10-11(15)5-6-13(17-3)14(10)12/h5-6,9,12,16H,4,7-8H2,1-3H3. The van der Waals surface area contributed by atoms with E-state index in [1.54, 1.807) is 7.11 Å². The van der Waals surface area contributed by atoms with E-state index in [1.807, 2.05) is 11.8 Å². The van der Waals surface area contributed by atoms with Gasteiger partial charge >= 0.3 is 0 Å². The van der Waals surface area contributed by atoms with E-state index < -0.39 is 0 Å². The molecule has 2 rings (SSSR count). The Labute approximate surface area is 122 Å². The largest absolute Gasteiger partial charge is 0.496 e. The predicted octanol–water partition coefficient (Wildman–Crippen LogP) is 4.13. The lowest BCUT2D eigenvalue weighted by Gasteiger charge is -2.22. The minimum absolute atomic E-state index is 0.391. The van der Waals surface area contributed by atoms with Gasteiger partial charge in [-0.3, -0.25) is 0 Å². The van der Waals surface area contributed by atoms with E-state index in [2.05, 4.69) is 47.2 Å². The first-order valence-corrected chi connectivity index (χ1v) is 8.21. The van der Waals surface area contributed by atoms with Crippen molar-refractivity contribution in [2.45, 2.75) is 37.3 Å². The summed E-state index contributed by atoms with van der Waals surface area (Å²) in [6.07, 6.45) is 1.15. The summed E-state index contributed by atoms with van der Waals surface area (Å²) in [6.45, 7) is 5.45. The van der Waals surface area contributed by atoms with E-state index in [0.717, 1.165) is 24.5 Å². The van der Waals surface area contributed by atoms with Gasteiger partial charge in [0, 0.05) is 27.1 Å². The lowest BCUT2D eigenvalue weighted by Crippen LogP contribution is -2.23. The number of rotatable bonds is 3. The lowest BCUT2D eigenvalue weighted by molar-refractivity contribution is 0.395. The Bertz CT molecular complexity index is 425. The van der Waals surface area contributed by atoms with Crippen LogP contribution in [0.15, 0.2) is 16.6 Å². The molecule has 4 heteroatoms. The van der Waals surface area contributed by atoms with Crippen LogP contribution in [0.5, 0.6) is 5.75 Å². The molecule has 1 heterocycles. The molecule has 1 aliphatic rings. The van der Waals surface area contributed by atoms with Crippen molar-refractivity contribution in [3.8, 4) is 5.75 Å². The molecule has 100 valence electrons. The molecule has 2 unspecified atom stereocenters. The van der Waals surface area contributed by atoms with Crippen molar-refractivity contribution in [3.05, 3.63) is 27.7 Å². The van der Waals surface area contributed by atoms with Crippen molar-refractivity contribution in [2.24, 2.45) is 0 Å². The van der Waals surface area contributed by atoms with E-state index in [9.17, 15) is 0 Å². The highest BCUT2D eigenvalue weighted by Gasteiger charge is 2.26. The third-order valence-electron chi connectivity index (χ3n) is 3.36. The molecule has 0 spiro atoms. The third kappa shape index (κ3) is 2.86. The van der Waals surface area contributed by atoms with Crippen molar-refractivity contribution in [1.29, 1.82) is 0 Å². The minimum atomic E-state index is 0.391. The predicted molar refractivity (Wildman–Crippen MR) is 82.5 cm³/mol. The number of hydrogen-bond acceptors (Lipinski definition) is 3. The lowest BCUT2D eigenvalue weighted by atomic mass is 9.96. The van der Waals surface area contributed by atoms with Crippen LogP contribution in [-0.4, -0.2) is 18.9 Å². The highest BCUT2D eigenvalue weighted by Crippen LogP contribution is 2.42. The SMILES string of the molecule is CCNC1CC(C)SCc2c(Br)ccc(OC)c21. The Morgan fingerprint density at radius 3 is 2.94 bits per heavy atom. The quantitative estimate of drug-likeness (QED) is 0.900. The highest BCUT2D eigenvalue weighted by atomic mass is 79.9. The summed E-state index contributed by atoms with van der Waals surface area (Å²) >= 11 is 5.70. The molecule has 0 aliphatic carbocycles. The molecule has 0 fully saturated rings. The first-order chi connectivity index (χ1) is 8.67. The molecule has 0 radical (unpaired) electrons. The normalized spacial score (nSPS) is 23.3. The van der Waals surface area contributed by atoms with Crippen molar-refractivity contribution in [3.63, 3.8) is 0 Å². The average Bonchev–Trinajstić information content (AvgIpc) is 2.51. The first-order valence-electron chi connectivity index (χ1n) is 6.37. The molecule has 0 aromatic heterocycles. The maximum absolute atomic E-state index is 5.56. The van der Waals surface area contributed by atoms with Crippen molar-refractivity contribution in [2.75, 3.05) is 13.7 Å². The molecule has 0 amide bonds. The molecule has 1 N–H and O–H groups in total. The van der Waals surface area contributed by atoms with Crippen molar-refractivity contribution < 1.29 is 4.74 Å². The molecule has 18 heavy (non-hydrogen) atoms. The van der Waals surface area contributed by atoms with Gasteiger partial charge in [0.25, 0.3) is 0 Å². The second kappa shape index (κ2) is 6.31. The number of halogens is 1. The molecule has 0 saturated heterocycles. The second-order valence-corrected chi connectivity index (χ2v) is 6.89. The summed E-state index contributed by atoms with van der Waals surface area (Å²) in [4.78, 5) is 0. The van der Waals surface area contributed by atoms with Crippen molar-refractivity contribution >= 4 is 27.7 Å². The van der Waals surface area contributed by atoms with Crippen molar-refractivity contribution in [1.82, 2.24) is 5.32 Å². The fourth-order valence-electron chi connectivity index (χ4n) is 2.50. The van der Waals surface area contributed by atoms with Crippen LogP contribution in [0.2, 0.25) is 0 Å². The molecule has 2 atom stereocenters. The number of thioether (sulfide) groups is 1.